The zero-order chi connectivity index (χ0) is 13.3. The van der Waals surface area contributed by atoms with Gasteiger partial charge in [0.1, 0.15) is 16.4 Å². The first-order valence-electron chi connectivity index (χ1n) is 5.60. The fourth-order valence-electron chi connectivity index (χ4n) is 1.73. The normalized spacial score (nSPS) is 10.9. The van der Waals surface area contributed by atoms with Crippen LogP contribution in [0.2, 0.25) is 0 Å². The topological polar surface area (TPSA) is 38.3 Å². The highest BCUT2D eigenvalue weighted by Crippen LogP contribution is 2.37. The third-order valence-electron chi connectivity index (χ3n) is 2.43. The fraction of sp³-hybridized carbons (Fsp3) is 0.308. The van der Waals surface area contributed by atoms with Gasteiger partial charge in [0.2, 0.25) is 0 Å². The molecule has 18 heavy (non-hydrogen) atoms. The van der Waals surface area contributed by atoms with Crippen LogP contribution in [0.15, 0.2) is 18.2 Å². The van der Waals surface area contributed by atoms with Crippen molar-refractivity contribution in [1.82, 2.24) is 5.32 Å². The molecule has 0 saturated carbocycles. The number of carbonyl (C=O) groups is 1. The van der Waals surface area contributed by atoms with Gasteiger partial charge in [-0.1, -0.05) is 0 Å². The Kier molecular flexibility index (Phi) is 3.52. The molecule has 0 aliphatic carbocycles. The summed E-state index contributed by atoms with van der Waals surface area (Å²) in [5.41, 5.74) is 0. The van der Waals surface area contributed by atoms with Gasteiger partial charge in [-0.05, 0) is 32.0 Å². The lowest BCUT2D eigenvalue weighted by atomic mass is 10.2. The van der Waals surface area contributed by atoms with Crippen molar-refractivity contribution in [2.45, 2.75) is 19.9 Å². The lowest BCUT2D eigenvalue weighted by molar-refractivity contribution is 0.0944. The third kappa shape index (κ3) is 2.31. The maximum Gasteiger partial charge on any atom is 0.265 e. The molecule has 2 rings (SSSR count). The van der Waals surface area contributed by atoms with Gasteiger partial charge in [-0.15, -0.1) is 11.3 Å². The number of hydrogen-bond acceptors (Lipinski definition) is 3. The van der Waals surface area contributed by atoms with E-state index in [4.69, 9.17) is 4.74 Å². The average Bonchev–Trinajstić information content (AvgIpc) is 2.65. The molecule has 0 spiro atoms. The van der Waals surface area contributed by atoms with Gasteiger partial charge in [-0.2, -0.15) is 0 Å². The summed E-state index contributed by atoms with van der Waals surface area (Å²) in [6, 6.07) is 4.47. The number of halogens is 1. The van der Waals surface area contributed by atoms with Crippen molar-refractivity contribution >= 4 is 27.3 Å². The Bertz CT molecular complexity index is 592. The Labute approximate surface area is 109 Å². The number of carbonyl (C=O) groups excluding carboxylic acids is 1. The van der Waals surface area contributed by atoms with Crippen molar-refractivity contribution in [3.63, 3.8) is 0 Å². The van der Waals surface area contributed by atoms with Gasteiger partial charge >= 0.3 is 0 Å². The molecule has 96 valence electrons. The van der Waals surface area contributed by atoms with Crippen LogP contribution in [0, 0.1) is 5.82 Å². The summed E-state index contributed by atoms with van der Waals surface area (Å²) < 4.78 is 19.3. The minimum atomic E-state index is -0.339. The molecular formula is C13H14FNO2S. The summed E-state index contributed by atoms with van der Waals surface area (Å²) >= 11 is 1.30. The second-order valence-corrected chi connectivity index (χ2v) is 5.29. The molecule has 1 heterocycles. The van der Waals surface area contributed by atoms with Gasteiger partial charge in [0.25, 0.3) is 5.91 Å². The lowest BCUT2D eigenvalue weighted by Crippen LogP contribution is -2.29. The van der Waals surface area contributed by atoms with E-state index in [1.165, 1.54) is 30.6 Å². The van der Waals surface area contributed by atoms with Crippen LogP contribution in [-0.2, 0) is 0 Å². The van der Waals surface area contributed by atoms with Crippen molar-refractivity contribution in [3.05, 3.63) is 28.9 Å². The van der Waals surface area contributed by atoms with Crippen molar-refractivity contribution in [2.24, 2.45) is 0 Å². The molecular weight excluding hydrogens is 253 g/mol. The lowest BCUT2D eigenvalue weighted by Gasteiger charge is -2.08. The first-order chi connectivity index (χ1) is 8.52. The number of nitrogens with one attached hydrogen (secondary N) is 1. The highest BCUT2D eigenvalue weighted by atomic mass is 32.1. The number of rotatable bonds is 3. The first-order valence-corrected chi connectivity index (χ1v) is 6.41. The predicted molar refractivity (Wildman–Crippen MR) is 70.9 cm³/mol. The van der Waals surface area contributed by atoms with Crippen molar-refractivity contribution in [3.8, 4) is 5.75 Å². The van der Waals surface area contributed by atoms with Crippen molar-refractivity contribution in [1.29, 1.82) is 0 Å². The van der Waals surface area contributed by atoms with Crippen molar-refractivity contribution < 1.29 is 13.9 Å². The molecule has 0 bridgehead atoms. The molecule has 1 aromatic heterocycles. The van der Waals surface area contributed by atoms with Crippen LogP contribution in [-0.4, -0.2) is 19.1 Å². The Hall–Kier alpha value is -1.62. The van der Waals surface area contributed by atoms with E-state index in [0.29, 0.717) is 16.0 Å². The third-order valence-corrected chi connectivity index (χ3v) is 3.59. The van der Waals surface area contributed by atoms with Crippen LogP contribution in [0.3, 0.4) is 0 Å². The molecule has 1 amide bonds. The van der Waals surface area contributed by atoms with Crippen LogP contribution in [0.1, 0.15) is 23.5 Å². The second-order valence-electron chi connectivity index (χ2n) is 4.23. The summed E-state index contributed by atoms with van der Waals surface area (Å²) in [5, 5.41) is 3.44. The molecule has 1 aromatic carbocycles. The molecule has 0 radical (unpaired) electrons. The van der Waals surface area contributed by atoms with Crippen LogP contribution < -0.4 is 10.1 Å². The molecule has 0 atom stereocenters. The number of amides is 1. The van der Waals surface area contributed by atoms with E-state index in [0.717, 1.165) is 4.70 Å². The fourth-order valence-corrected chi connectivity index (χ4v) is 2.78. The van der Waals surface area contributed by atoms with Crippen LogP contribution in [0.25, 0.3) is 10.1 Å². The van der Waals surface area contributed by atoms with Gasteiger partial charge in [0.15, 0.2) is 0 Å². The second kappa shape index (κ2) is 4.94. The Morgan fingerprint density at radius 2 is 2.17 bits per heavy atom. The molecule has 2 aromatic rings. The first kappa shape index (κ1) is 12.8. The number of benzene rings is 1. The van der Waals surface area contributed by atoms with E-state index in [2.05, 4.69) is 5.32 Å². The average molecular weight is 267 g/mol. The van der Waals surface area contributed by atoms with Crippen LogP contribution >= 0.6 is 11.3 Å². The Morgan fingerprint density at radius 3 is 2.78 bits per heavy atom. The smallest absolute Gasteiger partial charge is 0.265 e. The number of methoxy groups -OCH3 is 1. The van der Waals surface area contributed by atoms with Gasteiger partial charge < -0.3 is 10.1 Å². The minimum Gasteiger partial charge on any atom is -0.494 e. The summed E-state index contributed by atoms with van der Waals surface area (Å²) in [6.45, 7) is 3.77. The number of fused-ring (bicyclic) bond motifs is 1. The van der Waals surface area contributed by atoms with E-state index in [9.17, 15) is 9.18 Å². The molecule has 0 aliphatic heterocycles. The summed E-state index contributed by atoms with van der Waals surface area (Å²) in [6.07, 6.45) is 0. The standard InChI is InChI=1S/C13H14FNO2S/c1-7(2)15-13(16)12-11(17-3)9-6-8(14)4-5-10(9)18-12/h4-7H,1-3H3,(H,15,16). The van der Waals surface area contributed by atoms with E-state index < -0.39 is 0 Å². The Morgan fingerprint density at radius 1 is 1.44 bits per heavy atom. The zero-order valence-electron chi connectivity index (χ0n) is 10.4. The Balaban J connectivity index is 2.54. The van der Waals surface area contributed by atoms with Gasteiger partial charge in [0.05, 0.1) is 7.11 Å². The zero-order valence-corrected chi connectivity index (χ0v) is 11.2. The molecule has 0 aliphatic rings. The monoisotopic (exact) mass is 267 g/mol. The molecule has 0 saturated heterocycles. The van der Waals surface area contributed by atoms with Gasteiger partial charge in [-0.3, -0.25) is 4.79 Å². The van der Waals surface area contributed by atoms with E-state index in [-0.39, 0.29) is 17.8 Å². The number of ether oxygens (including phenoxy) is 1. The SMILES string of the molecule is COc1c(C(=O)NC(C)C)sc2ccc(F)cc12. The van der Waals surface area contributed by atoms with Crippen LogP contribution in [0.5, 0.6) is 5.75 Å². The van der Waals surface area contributed by atoms with Gasteiger partial charge in [-0.25, -0.2) is 4.39 Å². The molecule has 3 nitrogen and oxygen atoms in total. The quantitative estimate of drug-likeness (QED) is 0.927. The number of thiophene rings is 1. The number of hydrogen-bond donors (Lipinski definition) is 1. The molecule has 0 unspecified atom stereocenters. The summed E-state index contributed by atoms with van der Waals surface area (Å²) in [7, 11) is 1.48. The van der Waals surface area contributed by atoms with E-state index in [1.54, 1.807) is 6.07 Å². The maximum atomic E-state index is 13.2. The largest absolute Gasteiger partial charge is 0.494 e. The summed E-state index contributed by atoms with van der Waals surface area (Å²) in [5.74, 6) is -0.0921. The van der Waals surface area contributed by atoms with E-state index >= 15 is 0 Å². The molecule has 0 fully saturated rings. The summed E-state index contributed by atoms with van der Waals surface area (Å²) in [4.78, 5) is 12.5. The predicted octanol–water partition coefficient (Wildman–Crippen LogP) is 3.19. The highest BCUT2D eigenvalue weighted by Gasteiger charge is 2.20. The van der Waals surface area contributed by atoms with E-state index in [1.807, 2.05) is 13.8 Å². The van der Waals surface area contributed by atoms with Gasteiger partial charge in [0, 0.05) is 16.1 Å². The highest BCUT2D eigenvalue weighted by molar-refractivity contribution is 7.21. The molecule has 1 N–H and O–H groups in total. The van der Waals surface area contributed by atoms with Crippen molar-refractivity contribution in [2.75, 3.05) is 7.11 Å². The maximum absolute atomic E-state index is 13.2. The minimum absolute atomic E-state index is 0.0455. The molecule has 5 heteroatoms. The van der Waals surface area contributed by atoms with Crippen LogP contribution in [0.4, 0.5) is 4.39 Å².